The molecule has 0 bridgehead atoms. The van der Waals surface area contributed by atoms with Crippen molar-refractivity contribution in [2.45, 2.75) is 6.04 Å². The van der Waals surface area contributed by atoms with Crippen molar-refractivity contribution in [3.8, 4) is 0 Å². The zero-order chi connectivity index (χ0) is 11.1. The average Bonchev–Trinajstić information content (AvgIpc) is 2.27. The molecule has 0 heterocycles. The first-order valence-electron chi connectivity index (χ1n) is 4.72. The van der Waals surface area contributed by atoms with Crippen LogP contribution in [0.1, 0.15) is 11.6 Å². The quantitative estimate of drug-likeness (QED) is 0.741. The lowest BCUT2D eigenvalue weighted by molar-refractivity contribution is -0.125. The van der Waals surface area contributed by atoms with E-state index in [0.29, 0.717) is 0 Å². The molecule has 1 aromatic rings. The van der Waals surface area contributed by atoms with E-state index in [9.17, 15) is 4.79 Å². The number of hydrogen-bond acceptors (Lipinski definition) is 3. The van der Waals surface area contributed by atoms with Crippen molar-refractivity contribution in [2.75, 3.05) is 20.3 Å². The fourth-order valence-electron chi connectivity index (χ4n) is 1.29. The zero-order valence-corrected chi connectivity index (χ0v) is 8.64. The minimum Gasteiger partial charge on any atom is -0.394 e. The topological polar surface area (TPSA) is 58.6 Å². The Kier molecular flexibility index (Phi) is 4.80. The van der Waals surface area contributed by atoms with Crippen molar-refractivity contribution in [1.82, 2.24) is 5.32 Å². The van der Waals surface area contributed by atoms with E-state index < -0.39 is 0 Å². The van der Waals surface area contributed by atoms with Crippen molar-refractivity contribution in [3.63, 3.8) is 0 Å². The van der Waals surface area contributed by atoms with Crippen LogP contribution in [0.2, 0.25) is 0 Å². The molecule has 0 aliphatic rings. The molecule has 4 nitrogen and oxygen atoms in total. The van der Waals surface area contributed by atoms with Gasteiger partial charge in [0.05, 0.1) is 12.6 Å². The van der Waals surface area contributed by atoms with Crippen LogP contribution in [-0.4, -0.2) is 31.3 Å². The Balaban J connectivity index is 2.61. The molecule has 0 radical (unpaired) electrons. The van der Waals surface area contributed by atoms with Gasteiger partial charge in [0.2, 0.25) is 5.91 Å². The lowest BCUT2D eigenvalue weighted by Gasteiger charge is -2.16. The molecule has 1 atom stereocenters. The molecule has 1 unspecified atom stereocenters. The van der Waals surface area contributed by atoms with E-state index in [1.165, 1.54) is 7.11 Å². The molecule has 0 spiro atoms. The van der Waals surface area contributed by atoms with Gasteiger partial charge in [-0.2, -0.15) is 0 Å². The Bertz CT molecular complexity index is 300. The summed E-state index contributed by atoms with van der Waals surface area (Å²) < 4.78 is 4.69. The van der Waals surface area contributed by atoms with Gasteiger partial charge in [-0.1, -0.05) is 30.3 Å². The van der Waals surface area contributed by atoms with E-state index in [2.05, 4.69) is 5.32 Å². The van der Waals surface area contributed by atoms with Crippen molar-refractivity contribution in [2.24, 2.45) is 0 Å². The molecule has 1 aromatic carbocycles. The minimum absolute atomic E-state index is 0.00331. The summed E-state index contributed by atoms with van der Waals surface area (Å²) in [6, 6.07) is 8.95. The number of nitrogens with one attached hydrogen (secondary N) is 1. The van der Waals surface area contributed by atoms with Crippen LogP contribution in [0.25, 0.3) is 0 Å². The molecule has 0 aromatic heterocycles. The Labute approximate surface area is 88.9 Å². The molecule has 0 saturated carbocycles. The third-order valence-corrected chi connectivity index (χ3v) is 2.00. The summed E-state index contributed by atoms with van der Waals surface area (Å²) in [5.41, 5.74) is 0.879. The lowest BCUT2D eigenvalue weighted by atomic mass is 10.1. The van der Waals surface area contributed by atoms with Crippen molar-refractivity contribution < 1.29 is 14.6 Å². The highest BCUT2D eigenvalue weighted by molar-refractivity contribution is 5.77. The summed E-state index contributed by atoms with van der Waals surface area (Å²) in [6.07, 6.45) is 0. The van der Waals surface area contributed by atoms with Gasteiger partial charge in [0.25, 0.3) is 0 Å². The SMILES string of the molecule is COCC(=O)NC(CO)c1ccccc1. The summed E-state index contributed by atoms with van der Waals surface area (Å²) >= 11 is 0. The fraction of sp³-hybridized carbons (Fsp3) is 0.364. The van der Waals surface area contributed by atoms with Crippen LogP contribution in [0.15, 0.2) is 30.3 Å². The molecule has 4 heteroatoms. The molecular weight excluding hydrogens is 194 g/mol. The lowest BCUT2D eigenvalue weighted by Crippen LogP contribution is -2.33. The van der Waals surface area contributed by atoms with Gasteiger partial charge >= 0.3 is 0 Å². The highest BCUT2D eigenvalue weighted by atomic mass is 16.5. The number of rotatable bonds is 5. The maximum absolute atomic E-state index is 11.2. The van der Waals surface area contributed by atoms with E-state index in [4.69, 9.17) is 9.84 Å². The fourth-order valence-corrected chi connectivity index (χ4v) is 1.29. The van der Waals surface area contributed by atoms with Crippen molar-refractivity contribution in [1.29, 1.82) is 0 Å². The maximum Gasteiger partial charge on any atom is 0.246 e. The first-order chi connectivity index (χ1) is 7.27. The first-order valence-corrected chi connectivity index (χ1v) is 4.72. The summed E-state index contributed by atoms with van der Waals surface area (Å²) in [5, 5.41) is 11.8. The van der Waals surface area contributed by atoms with Crippen molar-refractivity contribution in [3.05, 3.63) is 35.9 Å². The molecule has 1 amide bonds. The number of aliphatic hydroxyl groups excluding tert-OH is 1. The van der Waals surface area contributed by atoms with E-state index in [-0.39, 0.29) is 25.2 Å². The van der Waals surface area contributed by atoms with E-state index in [0.717, 1.165) is 5.56 Å². The van der Waals surface area contributed by atoms with Gasteiger partial charge in [0.15, 0.2) is 0 Å². The zero-order valence-electron chi connectivity index (χ0n) is 8.64. The predicted molar refractivity (Wildman–Crippen MR) is 56.3 cm³/mol. The number of ether oxygens (including phenoxy) is 1. The largest absolute Gasteiger partial charge is 0.394 e. The number of carbonyl (C=O) groups excluding carboxylic acids is 1. The van der Waals surface area contributed by atoms with Crippen molar-refractivity contribution >= 4 is 5.91 Å². The minimum atomic E-state index is -0.367. The Morgan fingerprint density at radius 3 is 2.67 bits per heavy atom. The van der Waals surface area contributed by atoms with Gasteiger partial charge in [0.1, 0.15) is 6.61 Å². The summed E-state index contributed by atoms with van der Waals surface area (Å²) in [6.45, 7) is -0.122. The number of benzene rings is 1. The first kappa shape index (κ1) is 11.7. The predicted octanol–water partition coefficient (Wildman–Crippen LogP) is 0.483. The van der Waals surface area contributed by atoms with Gasteiger partial charge in [-0.3, -0.25) is 4.79 Å². The van der Waals surface area contributed by atoms with Gasteiger partial charge in [-0.15, -0.1) is 0 Å². The van der Waals surface area contributed by atoms with E-state index in [1.807, 2.05) is 30.3 Å². The summed E-state index contributed by atoms with van der Waals surface area (Å²) in [7, 11) is 1.45. The van der Waals surface area contributed by atoms with Gasteiger partial charge in [-0.25, -0.2) is 0 Å². The Hall–Kier alpha value is -1.39. The highest BCUT2D eigenvalue weighted by Crippen LogP contribution is 2.10. The number of methoxy groups -OCH3 is 1. The van der Waals surface area contributed by atoms with E-state index in [1.54, 1.807) is 0 Å². The standard InChI is InChI=1S/C11H15NO3/c1-15-8-11(14)12-10(7-13)9-5-3-2-4-6-9/h2-6,10,13H,7-8H2,1H3,(H,12,14). The third-order valence-electron chi connectivity index (χ3n) is 2.00. The maximum atomic E-state index is 11.2. The molecule has 15 heavy (non-hydrogen) atoms. The average molecular weight is 209 g/mol. The van der Waals surface area contributed by atoms with Crippen LogP contribution in [0, 0.1) is 0 Å². The second-order valence-corrected chi connectivity index (χ2v) is 3.15. The molecule has 0 aliphatic carbocycles. The normalized spacial score (nSPS) is 12.1. The highest BCUT2D eigenvalue weighted by Gasteiger charge is 2.12. The van der Waals surface area contributed by atoms with Crippen LogP contribution in [0.3, 0.4) is 0 Å². The Morgan fingerprint density at radius 1 is 1.47 bits per heavy atom. The van der Waals surface area contributed by atoms with Crippen LogP contribution >= 0.6 is 0 Å². The van der Waals surface area contributed by atoms with Crippen LogP contribution in [0.5, 0.6) is 0 Å². The second kappa shape index (κ2) is 6.16. The Morgan fingerprint density at radius 2 is 2.13 bits per heavy atom. The number of carbonyl (C=O) groups is 1. The number of hydrogen-bond donors (Lipinski definition) is 2. The van der Waals surface area contributed by atoms with Gasteiger partial charge in [0, 0.05) is 7.11 Å². The molecule has 82 valence electrons. The van der Waals surface area contributed by atoms with Gasteiger partial charge < -0.3 is 15.2 Å². The molecule has 0 fully saturated rings. The second-order valence-electron chi connectivity index (χ2n) is 3.15. The van der Waals surface area contributed by atoms with Gasteiger partial charge in [-0.05, 0) is 5.56 Å². The number of amides is 1. The smallest absolute Gasteiger partial charge is 0.246 e. The molecule has 1 rings (SSSR count). The molecule has 2 N–H and O–H groups in total. The summed E-state index contributed by atoms with van der Waals surface area (Å²) in [5.74, 6) is -0.236. The molecular formula is C11H15NO3. The monoisotopic (exact) mass is 209 g/mol. The molecule has 0 saturated heterocycles. The molecule has 0 aliphatic heterocycles. The summed E-state index contributed by atoms with van der Waals surface area (Å²) in [4.78, 5) is 11.2. The van der Waals surface area contributed by atoms with Crippen LogP contribution < -0.4 is 5.32 Å². The third kappa shape index (κ3) is 3.69. The number of aliphatic hydroxyl groups is 1. The van der Waals surface area contributed by atoms with Crippen LogP contribution in [-0.2, 0) is 9.53 Å². The van der Waals surface area contributed by atoms with Crippen LogP contribution in [0.4, 0.5) is 0 Å². The van der Waals surface area contributed by atoms with E-state index >= 15 is 0 Å².